The summed E-state index contributed by atoms with van der Waals surface area (Å²) >= 11 is 1.46. The summed E-state index contributed by atoms with van der Waals surface area (Å²) in [6.45, 7) is 2.99. The van der Waals surface area contributed by atoms with Crippen LogP contribution in [0.2, 0.25) is 0 Å². The summed E-state index contributed by atoms with van der Waals surface area (Å²) in [5, 5.41) is 8.50. The molecule has 2 heterocycles. The number of carbonyl (C=O) groups excluding carboxylic acids is 1. The fourth-order valence-corrected chi connectivity index (χ4v) is 3.57. The molecule has 104 valence electrons. The maximum Gasteiger partial charge on any atom is 0.321 e. The Morgan fingerprint density at radius 2 is 2.37 bits per heavy atom. The van der Waals surface area contributed by atoms with Gasteiger partial charge < -0.3 is 10.2 Å². The third-order valence-electron chi connectivity index (χ3n) is 4.25. The van der Waals surface area contributed by atoms with Gasteiger partial charge >= 0.3 is 6.03 Å². The van der Waals surface area contributed by atoms with Gasteiger partial charge in [-0.2, -0.15) is 0 Å². The average Bonchev–Trinajstić information content (AvgIpc) is 3.01. The molecule has 0 radical (unpaired) electrons. The largest absolute Gasteiger partial charge is 0.335 e. The van der Waals surface area contributed by atoms with E-state index in [1.807, 2.05) is 12.3 Å². The van der Waals surface area contributed by atoms with Crippen molar-refractivity contribution in [2.75, 3.05) is 18.9 Å². The first-order valence-electron chi connectivity index (χ1n) is 6.78. The summed E-state index contributed by atoms with van der Waals surface area (Å²) in [7, 11) is 2.20. The maximum atomic E-state index is 11.9. The van der Waals surface area contributed by atoms with Crippen LogP contribution in [0.1, 0.15) is 31.4 Å². The van der Waals surface area contributed by atoms with Crippen molar-refractivity contribution in [1.82, 2.24) is 15.2 Å². The normalized spacial score (nSPS) is 25.3. The maximum absolute atomic E-state index is 11.9. The molecule has 1 aliphatic heterocycles. The lowest BCUT2D eigenvalue weighted by atomic mass is 9.96. The Morgan fingerprint density at radius 3 is 3.00 bits per heavy atom. The quantitative estimate of drug-likeness (QED) is 0.873. The lowest BCUT2D eigenvalue weighted by Crippen LogP contribution is -2.50. The monoisotopic (exact) mass is 280 g/mol. The Bertz CT molecular complexity index is 483. The van der Waals surface area contributed by atoms with Crippen molar-refractivity contribution in [3.63, 3.8) is 0 Å². The lowest BCUT2D eigenvalue weighted by Gasteiger charge is -2.37. The first-order valence-corrected chi connectivity index (χ1v) is 7.66. The highest BCUT2D eigenvalue weighted by Crippen LogP contribution is 2.47. The minimum Gasteiger partial charge on any atom is -0.335 e. The number of thiazole rings is 1. The van der Waals surface area contributed by atoms with Gasteiger partial charge in [-0.25, -0.2) is 9.78 Å². The minimum atomic E-state index is -0.125. The van der Waals surface area contributed by atoms with E-state index in [1.54, 1.807) is 0 Å². The Morgan fingerprint density at radius 1 is 1.58 bits per heavy atom. The number of anilines is 1. The van der Waals surface area contributed by atoms with E-state index >= 15 is 0 Å². The highest BCUT2D eigenvalue weighted by Gasteiger charge is 2.49. The van der Waals surface area contributed by atoms with E-state index in [0.29, 0.717) is 16.7 Å². The standard InChI is InChI=1S/C13H20N4OS/c1-9-8-19-12(14-9)16-11(18)15-10-3-6-17(2)13(7-10)4-5-13/h8,10H,3-7H2,1-2H3,(H2,14,15,16,18). The van der Waals surface area contributed by atoms with Gasteiger partial charge in [0.05, 0.1) is 5.69 Å². The molecule has 1 aliphatic carbocycles. The Kier molecular flexibility index (Phi) is 3.22. The number of urea groups is 1. The molecule has 1 aromatic rings. The van der Waals surface area contributed by atoms with E-state index in [4.69, 9.17) is 0 Å². The molecular weight excluding hydrogens is 260 g/mol. The molecule has 2 amide bonds. The fraction of sp³-hybridized carbons (Fsp3) is 0.692. The summed E-state index contributed by atoms with van der Waals surface area (Å²) in [6, 6.07) is 0.166. The van der Waals surface area contributed by atoms with Gasteiger partial charge in [-0.3, -0.25) is 5.32 Å². The molecule has 0 aromatic carbocycles. The second-order valence-corrected chi connectivity index (χ2v) is 6.59. The number of carbonyl (C=O) groups is 1. The Balaban J connectivity index is 1.52. The molecular formula is C13H20N4OS. The predicted molar refractivity (Wildman–Crippen MR) is 76.6 cm³/mol. The van der Waals surface area contributed by atoms with E-state index in [2.05, 4.69) is 27.6 Å². The van der Waals surface area contributed by atoms with Crippen LogP contribution in [-0.2, 0) is 0 Å². The van der Waals surface area contributed by atoms with E-state index in [0.717, 1.165) is 25.1 Å². The molecule has 3 rings (SSSR count). The number of hydrogen-bond acceptors (Lipinski definition) is 4. The second-order valence-electron chi connectivity index (χ2n) is 5.73. The van der Waals surface area contributed by atoms with Gasteiger partial charge in [0.25, 0.3) is 0 Å². The summed E-state index contributed by atoms with van der Waals surface area (Å²) in [4.78, 5) is 18.6. The first-order chi connectivity index (χ1) is 9.07. The molecule has 1 atom stereocenters. The van der Waals surface area contributed by atoms with Crippen molar-refractivity contribution in [3.05, 3.63) is 11.1 Å². The van der Waals surface area contributed by atoms with Crippen LogP contribution in [0.15, 0.2) is 5.38 Å². The number of nitrogens with one attached hydrogen (secondary N) is 2. The lowest BCUT2D eigenvalue weighted by molar-refractivity contribution is 0.140. The van der Waals surface area contributed by atoms with Crippen LogP contribution >= 0.6 is 11.3 Å². The number of aromatic nitrogens is 1. The van der Waals surface area contributed by atoms with E-state index in [9.17, 15) is 4.79 Å². The summed E-state index contributed by atoms with van der Waals surface area (Å²) in [5.41, 5.74) is 1.32. The van der Waals surface area contributed by atoms with Crippen molar-refractivity contribution in [1.29, 1.82) is 0 Å². The molecule has 0 bridgehead atoms. The van der Waals surface area contributed by atoms with Crippen molar-refractivity contribution in [3.8, 4) is 0 Å². The number of piperidine rings is 1. The highest BCUT2D eigenvalue weighted by atomic mass is 32.1. The third kappa shape index (κ3) is 2.74. The van der Waals surface area contributed by atoms with Crippen LogP contribution in [0.4, 0.5) is 9.93 Å². The number of aryl methyl sites for hydroxylation is 1. The smallest absolute Gasteiger partial charge is 0.321 e. The van der Waals surface area contributed by atoms with Crippen molar-refractivity contribution < 1.29 is 4.79 Å². The van der Waals surface area contributed by atoms with Crippen molar-refractivity contribution >= 4 is 22.5 Å². The van der Waals surface area contributed by atoms with Gasteiger partial charge in [0.15, 0.2) is 5.13 Å². The van der Waals surface area contributed by atoms with Crippen molar-refractivity contribution in [2.24, 2.45) is 0 Å². The molecule has 1 aromatic heterocycles. The molecule has 1 unspecified atom stereocenters. The Labute approximate surface area is 117 Å². The zero-order valence-corrected chi connectivity index (χ0v) is 12.2. The average molecular weight is 280 g/mol. The van der Waals surface area contributed by atoms with Crippen LogP contribution in [0.5, 0.6) is 0 Å². The van der Waals surface area contributed by atoms with Gasteiger partial charge in [0, 0.05) is 23.5 Å². The number of rotatable bonds is 2. The fourth-order valence-electron chi connectivity index (χ4n) is 2.89. The third-order valence-corrected chi connectivity index (χ3v) is 5.13. The minimum absolute atomic E-state index is 0.125. The van der Waals surface area contributed by atoms with Crippen LogP contribution in [0.3, 0.4) is 0 Å². The number of amides is 2. The summed E-state index contributed by atoms with van der Waals surface area (Å²) < 4.78 is 0. The Hall–Kier alpha value is -1.14. The molecule has 1 saturated carbocycles. The number of nitrogens with zero attached hydrogens (tertiary/aromatic N) is 2. The molecule has 2 aliphatic rings. The molecule has 6 heteroatoms. The molecule has 19 heavy (non-hydrogen) atoms. The van der Waals surface area contributed by atoms with Crippen LogP contribution in [-0.4, -0.2) is 41.1 Å². The molecule has 5 nitrogen and oxygen atoms in total. The van der Waals surface area contributed by atoms with E-state index in [-0.39, 0.29) is 6.03 Å². The van der Waals surface area contributed by atoms with Crippen LogP contribution in [0, 0.1) is 6.92 Å². The van der Waals surface area contributed by atoms with Gasteiger partial charge in [0.2, 0.25) is 0 Å². The van der Waals surface area contributed by atoms with Crippen LogP contribution in [0.25, 0.3) is 0 Å². The second kappa shape index (κ2) is 4.76. The first kappa shape index (κ1) is 12.9. The molecule has 1 saturated heterocycles. The van der Waals surface area contributed by atoms with Gasteiger partial charge in [0.1, 0.15) is 0 Å². The van der Waals surface area contributed by atoms with E-state index in [1.165, 1.54) is 24.2 Å². The van der Waals surface area contributed by atoms with Gasteiger partial charge in [-0.15, -0.1) is 11.3 Å². The van der Waals surface area contributed by atoms with Gasteiger partial charge in [-0.05, 0) is 39.7 Å². The summed E-state index contributed by atoms with van der Waals surface area (Å²) in [6.07, 6.45) is 4.65. The zero-order valence-electron chi connectivity index (χ0n) is 11.4. The van der Waals surface area contributed by atoms with E-state index < -0.39 is 0 Å². The predicted octanol–water partition coefficient (Wildman–Crippen LogP) is 2.20. The van der Waals surface area contributed by atoms with Gasteiger partial charge in [-0.1, -0.05) is 0 Å². The summed E-state index contributed by atoms with van der Waals surface area (Å²) in [5.74, 6) is 0. The molecule has 1 spiro atoms. The number of hydrogen-bond donors (Lipinski definition) is 2. The SMILES string of the molecule is Cc1csc(NC(=O)NC2CCN(C)C3(CC3)C2)n1. The zero-order chi connectivity index (χ0) is 13.5. The topological polar surface area (TPSA) is 57.3 Å². The number of likely N-dealkylation sites (tertiary alicyclic amines) is 1. The van der Waals surface area contributed by atoms with Crippen molar-refractivity contribution in [2.45, 2.75) is 44.2 Å². The molecule has 2 N–H and O–H groups in total. The van der Waals surface area contributed by atoms with Crippen LogP contribution < -0.4 is 10.6 Å². The molecule has 2 fully saturated rings. The highest BCUT2D eigenvalue weighted by molar-refractivity contribution is 7.13.